The highest BCUT2D eigenvalue weighted by atomic mass is 127. The zero-order chi connectivity index (χ0) is 12.4. The van der Waals surface area contributed by atoms with Crippen molar-refractivity contribution < 1.29 is 0 Å². The van der Waals surface area contributed by atoms with Gasteiger partial charge in [0.25, 0.3) is 0 Å². The topological polar surface area (TPSA) is 38.0 Å². The molecule has 0 unspecified atom stereocenters. The summed E-state index contributed by atoms with van der Waals surface area (Å²) in [5.74, 6) is 0. The van der Waals surface area contributed by atoms with E-state index in [4.69, 9.17) is 17.3 Å². The number of halogens is 2. The molecule has 0 aliphatic heterocycles. The van der Waals surface area contributed by atoms with E-state index >= 15 is 0 Å². The fourth-order valence-electron chi connectivity index (χ4n) is 1.53. The lowest BCUT2D eigenvalue weighted by Crippen LogP contribution is -1.97. The third-order valence-electron chi connectivity index (χ3n) is 2.40. The van der Waals surface area contributed by atoms with Gasteiger partial charge in [0.2, 0.25) is 0 Å². The van der Waals surface area contributed by atoms with Crippen molar-refractivity contribution in [3.05, 3.63) is 50.6 Å². The minimum absolute atomic E-state index is 0.688. The second kappa shape index (κ2) is 5.14. The lowest BCUT2D eigenvalue weighted by atomic mass is 10.2. The number of hydrogen-bond donors (Lipinski definition) is 2. The zero-order valence-electron chi connectivity index (χ0n) is 9.30. The minimum Gasteiger partial charge on any atom is -0.397 e. The molecule has 0 aliphatic carbocycles. The predicted molar refractivity (Wildman–Crippen MR) is 83.0 cm³/mol. The molecule has 0 bridgehead atoms. The molecule has 2 rings (SSSR count). The van der Waals surface area contributed by atoms with E-state index in [9.17, 15) is 0 Å². The lowest BCUT2D eigenvalue weighted by molar-refractivity contribution is 1.45. The van der Waals surface area contributed by atoms with Crippen LogP contribution in [0.2, 0.25) is 5.02 Å². The van der Waals surface area contributed by atoms with Crippen LogP contribution in [-0.4, -0.2) is 0 Å². The van der Waals surface area contributed by atoms with Gasteiger partial charge >= 0.3 is 0 Å². The monoisotopic (exact) mass is 358 g/mol. The molecule has 4 heteroatoms. The van der Waals surface area contributed by atoms with Crippen LogP contribution in [0.1, 0.15) is 5.56 Å². The van der Waals surface area contributed by atoms with Gasteiger partial charge in [-0.25, -0.2) is 0 Å². The molecule has 2 aromatic rings. The van der Waals surface area contributed by atoms with Crippen molar-refractivity contribution in [3.63, 3.8) is 0 Å². The number of nitrogen functional groups attached to an aromatic ring is 1. The van der Waals surface area contributed by atoms with Gasteiger partial charge in [0, 0.05) is 3.57 Å². The predicted octanol–water partition coefficient (Wildman–Crippen LogP) is 4.58. The average molecular weight is 359 g/mol. The van der Waals surface area contributed by atoms with E-state index in [0.29, 0.717) is 5.02 Å². The normalized spacial score (nSPS) is 10.3. The van der Waals surface area contributed by atoms with E-state index in [1.54, 1.807) is 0 Å². The number of aryl methyl sites for hydroxylation is 1. The summed E-state index contributed by atoms with van der Waals surface area (Å²) >= 11 is 8.36. The first-order valence-electron chi connectivity index (χ1n) is 5.14. The molecule has 0 heterocycles. The van der Waals surface area contributed by atoms with Crippen molar-refractivity contribution in [1.82, 2.24) is 0 Å². The summed E-state index contributed by atoms with van der Waals surface area (Å²) in [5, 5.41) is 3.94. The molecule has 88 valence electrons. The summed E-state index contributed by atoms with van der Waals surface area (Å²) in [6.45, 7) is 2.03. The third kappa shape index (κ3) is 3.04. The molecule has 0 spiro atoms. The number of hydrogen-bond acceptors (Lipinski definition) is 2. The Morgan fingerprint density at radius 1 is 1.12 bits per heavy atom. The molecule has 0 fully saturated rings. The number of nitrogens with one attached hydrogen (secondary N) is 1. The molecular formula is C13H12ClIN2. The van der Waals surface area contributed by atoms with E-state index in [1.807, 2.05) is 43.3 Å². The van der Waals surface area contributed by atoms with Gasteiger partial charge in [-0.2, -0.15) is 0 Å². The highest BCUT2D eigenvalue weighted by Gasteiger charge is 2.04. The zero-order valence-corrected chi connectivity index (χ0v) is 12.2. The Kier molecular flexibility index (Phi) is 3.79. The van der Waals surface area contributed by atoms with E-state index in [0.717, 1.165) is 26.2 Å². The van der Waals surface area contributed by atoms with Gasteiger partial charge in [-0.05, 0) is 65.4 Å². The van der Waals surface area contributed by atoms with Crippen molar-refractivity contribution >= 4 is 51.3 Å². The molecule has 3 N–H and O–H groups in total. The maximum Gasteiger partial charge on any atom is 0.0641 e. The first-order chi connectivity index (χ1) is 8.06. The van der Waals surface area contributed by atoms with E-state index < -0.39 is 0 Å². The Morgan fingerprint density at radius 3 is 2.59 bits per heavy atom. The van der Waals surface area contributed by atoms with Crippen LogP contribution in [0.3, 0.4) is 0 Å². The Bertz CT molecular complexity index is 555. The largest absolute Gasteiger partial charge is 0.397 e. The summed E-state index contributed by atoms with van der Waals surface area (Å²) in [5.41, 5.74) is 9.57. The molecule has 2 aromatic carbocycles. The molecule has 0 aliphatic rings. The molecule has 0 amide bonds. The Hall–Kier alpha value is -0.940. The van der Waals surface area contributed by atoms with Gasteiger partial charge in [-0.3, -0.25) is 0 Å². The quantitative estimate of drug-likeness (QED) is 0.609. The third-order valence-corrected chi connectivity index (χ3v) is 3.41. The summed E-state index contributed by atoms with van der Waals surface area (Å²) in [7, 11) is 0. The van der Waals surface area contributed by atoms with E-state index in [2.05, 4.69) is 27.9 Å². The summed E-state index contributed by atoms with van der Waals surface area (Å²) in [6, 6.07) is 11.7. The Morgan fingerprint density at radius 2 is 1.88 bits per heavy atom. The van der Waals surface area contributed by atoms with Crippen molar-refractivity contribution in [1.29, 1.82) is 0 Å². The maximum absolute atomic E-state index is 6.12. The van der Waals surface area contributed by atoms with Crippen molar-refractivity contribution in [2.75, 3.05) is 11.1 Å². The number of anilines is 3. The smallest absolute Gasteiger partial charge is 0.0641 e. The fourth-order valence-corrected chi connectivity index (χ4v) is 2.21. The SMILES string of the molecule is Cc1ccc(Cl)c(Nc2ccc(I)cc2N)c1. The molecule has 0 aromatic heterocycles. The fraction of sp³-hybridized carbons (Fsp3) is 0.0769. The van der Waals surface area contributed by atoms with Crippen LogP contribution >= 0.6 is 34.2 Å². The van der Waals surface area contributed by atoms with E-state index in [-0.39, 0.29) is 0 Å². The standard InChI is InChI=1S/C13H12ClIN2/c1-8-2-4-10(14)13(6-8)17-12-5-3-9(15)7-11(12)16/h2-7,17H,16H2,1H3. The highest BCUT2D eigenvalue weighted by Crippen LogP contribution is 2.29. The van der Waals surface area contributed by atoms with Crippen LogP contribution in [0.15, 0.2) is 36.4 Å². The summed E-state index contributed by atoms with van der Waals surface area (Å²) in [4.78, 5) is 0. The second-order valence-electron chi connectivity index (χ2n) is 3.84. The first kappa shape index (κ1) is 12.5. The van der Waals surface area contributed by atoms with Crippen molar-refractivity contribution in [2.24, 2.45) is 0 Å². The van der Waals surface area contributed by atoms with Gasteiger partial charge in [0.15, 0.2) is 0 Å². The summed E-state index contributed by atoms with van der Waals surface area (Å²) < 4.78 is 1.11. The molecule has 0 radical (unpaired) electrons. The number of rotatable bonds is 2. The van der Waals surface area contributed by atoms with Crippen LogP contribution in [0, 0.1) is 10.5 Å². The van der Waals surface area contributed by atoms with Crippen molar-refractivity contribution in [3.8, 4) is 0 Å². The average Bonchev–Trinajstić information content (AvgIpc) is 2.27. The molecule has 0 saturated carbocycles. The maximum atomic E-state index is 6.12. The van der Waals surface area contributed by atoms with Gasteiger partial charge in [0.1, 0.15) is 0 Å². The minimum atomic E-state index is 0.688. The van der Waals surface area contributed by atoms with Crippen LogP contribution in [0.5, 0.6) is 0 Å². The van der Waals surface area contributed by atoms with Crippen LogP contribution in [0.25, 0.3) is 0 Å². The molecule has 17 heavy (non-hydrogen) atoms. The number of nitrogens with two attached hydrogens (primary N) is 1. The Labute approximate surface area is 119 Å². The molecule has 0 atom stereocenters. The molecule has 0 saturated heterocycles. The van der Waals surface area contributed by atoms with Crippen LogP contribution in [-0.2, 0) is 0 Å². The van der Waals surface area contributed by atoms with Gasteiger partial charge in [-0.1, -0.05) is 17.7 Å². The van der Waals surface area contributed by atoms with Gasteiger partial charge in [0.05, 0.1) is 22.1 Å². The van der Waals surface area contributed by atoms with Gasteiger partial charge in [-0.15, -0.1) is 0 Å². The number of benzene rings is 2. The second-order valence-corrected chi connectivity index (χ2v) is 5.49. The van der Waals surface area contributed by atoms with E-state index in [1.165, 1.54) is 0 Å². The van der Waals surface area contributed by atoms with Gasteiger partial charge < -0.3 is 11.1 Å². The highest BCUT2D eigenvalue weighted by molar-refractivity contribution is 14.1. The molecule has 2 nitrogen and oxygen atoms in total. The van der Waals surface area contributed by atoms with Crippen LogP contribution < -0.4 is 11.1 Å². The first-order valence-corrected chi connectivity index (χ1v) is 6.60. The molecular weight excluding hydrogens is 347 g/mol. The lowest BCUT2D eigenvalue weighted by Gasteiger charge is -2.11. The van der Waals surface area contributed by atoms with Crippen molar-refractivity contribution in [2.45, 2.75) is 6.92 Å². The summed E-state index contributed by atoms with van der Waals surface area (Å²) in [6.07, 6.45) is 0. The Balaban J connectivity index is 2.34. The van der Waals surface area contributed by atoms with Crippen LogP contribution in [0.4, 0.5) is 17.1 Å².